The first kappa shape index (κ1) is 20.1. The highest BCUT2D eigenvalue weighted by Crippen LogP contribution is 2.25. The second-order valence-corrected chi connectivity index (χ2v) is 8.42. The lowest BCUT2D eigenvalue weighted by molar-refractivity contribution is -0.118. The number of para-hydroxylation sites is 1. The smallest absolute Gasteiger partial charge is 0.230 e. The molecule has 0 radical (unpaired) electrons. The predicted octanol–water partition coefficient (Wildman–Crippen LogP) is 4.21. The van der Waals surface area contributed by atoms with Gasteiger partial charge in [0.2, 0.25) is 5.91 Å². The van der Waals surface area contributed by atoms with E-state index in [1.807, 2.05) is 36.4 Å². The Morgan fingerprint density at radius 1 is 1.07 bits per heavy atom. The summed E-state index contributed by atoms with van der Waals surface area (Å²) in [4.78, 5) is 20.6. The first-order valence-electron chi connectivity index (χ1n) is 9.26. The number of thioether (sulfide) groups is 1. The Hall–Kier alpha value is -2.60. The maximum absolute atomic E-state index is 12.1. The Balaban J connectivity index is 1.41. The molecule has 0 aliphatic heterocycles. The lowest BCUT2D eigenvalue weighted by atomic mass is 9.87. The Kier molecular flexibility index (Phi) is 6.52. The van der Waals surface area contributed by atoms with Crippen LogP contribution in [0.15, 0.2) is 59.9 Å². The van der Waals surface area contributed by atoms with Crippen LogP contribution in [0.2, 0.25) is 0 Å². The lowest BCUT2D eigenvalue weighted by Crippen LogP contribution is -2.29. The van der Waals surface area contributed by atoms with Crippen molar-refractivity contribution >= 4 is 28.6 Å². The van der Waals surface area contributed by atoms with Crippen LogP contribution in [0.25, 0.3) is 10.9 Å². The molecule has 1 aromatic heterocycles. The number of aromatic nitrogens is 2. The highest BCUT2D eigenvalue weighted by atomic mass is 32.2. The minimum atomic E-state index is -0.0422. The van der Waals surface area contributed by atoms with E-state index in [1.165, 1.54) is 23.7 Å². The molecule has 3 rings (SSSR count). The summed E-state index contributed by atoms with van der Waals surface area (Å²) >= 11 is 1.41. The van der Waals surface area contributed by atoms with Gasteiger partial charge < -0.3 is 10.1 Å². The number of carbonyl (C=O) groups is 1. The van der Waals surface area contributed by atoms with Gasteiger partial charge in [0.1, 0.15) is 23.7 Å². The minimum Gasteiger partial charge on any atom is -0.492 e. The molecule has 2 aromatic carbocycles. The van der Waals surface area contributed by atoms with Crippen LogP contribution in [0.5, 0.6) is 5.75 Å². The molecule has 0 unspecified atom stereocenters. The van der Waals surface area contributed by atoms with Crippen LogP contribution in [0, 0.1) is 0 Å². The molecule has 146 valence electrons. The van der Waals surface area contributed by atoms with E-state index in [9.17, 15) is 4.79 Å². The SMILES string of the molecule is CC(C)(C)c1ccc(OCCNC(=O)CSc2ncnc3ccccc23)cc1. The maximum Gasteiger partial charge on any atom is 0.230 e. The molecular formula is C22H25N3O2S. The minimum absolute atomic E-state index is 0.0422. The molecule has 1 amide bonds. The van der Waals surface area contributed by atoms with Gasteiger partial charge in [0.05, 0.1) is 17.8 Å². The average Bonchev–Trinajstić information content (AvgIpc) is 2.69. The number of hydrogen-bond acceptors (Lipinski definition) is 5. The van der Waals surface area contributed by atoms with Crippen LogP contribution in [-0.2, 0) is 10.2 Å². The van der Waals surface area contributed by atoms with E-state index in [2.05, 4.69) is 48.2 Å². The Bertz CT molecular complexity index is 931. The molecule has 28 heavy (non-hydrogen) atoms. The van der Waals surface area contributed by atoms with Crippen molar-refractivity contribution in [1.82, 2.24) is 15.3 Å². The first-order chi connectivity index (χ1) is 13.4. The van der Waals surface area contributed by atoms with Gasteiger partial charge in [0.15, 0.2) is 0 Å². The Morgan fingerprint density at radius 2 is 1.82 bits per heavy atom. The molecule has 1 heterocycles. The van der Waals surface area contributed by atoms with Gasteiger partial charge in [-0.25, -0.2) is 9.97 Å². The Labute approximate surface area is 169 Å². The van der Waals surface area contributed by atoms with E-state index < -0.39 is 0 Å². The fourth-order valence-corrected chi connectivity index (χ4v) is 3.51. The molecule has 5 nitrogen and oxygen atoms in total. The average molecular weight is 396 g/mol. The van der Waals surface area contributed by atoms with E-state index in [0.717, 1.165) is 21.7 Å². The van der Waals surface area contributed by atoms with E-state index in [-0.39, 0.29) is 11.3 Å². The van der Waals surface area contributed by atoms with Crippen molar-refractivity contribution in [3.63, 3.8) is 0 Å². The van der Waals surface area contributed by atoms with Gasteiger partial charge in [-0.15, -0.1) is 0 Å². The van der Waals surface area contributed by atoms with Crippen LogP contribution >= 0.6 is 11.8 Å². The third kappa shape index (κ3) is 5.45. The van der Waals surface area contributed by atoms with Crippen LogP contribution in [0.3, 0.4) is 0 Å². The molecule has 0 aliphatic carbocycles. The monoisotopic (exact) mass is 395 g/mol. The lowest BCUT2D eigenvalue weighted by Gasteiger charge is -2.19. The maximum atomic E-state index is 12.1. The van der Waals surface area contributed by atoms with Gasteiger partial charge in [-0.05, 0) is 29.2 Å². The van der Waals surface area contributed by atoms with Crippen LogP contribution in [0.4, 0.5) is 0 Å². The Morgan fingerprint density at radius 3 is 2.57 bits per heavy atom. The number of nitrogens with one attached hydrogen (secondary N) is 1. The molecular weight excluding hydrogens is 370 g/mol. The summed E-state index contributed by atoms with van der Waals surface area (Å²) in [6, 6.07) is 15.9. The number of rotatable bonds is 7. The van der Waals surface area contributed by atoms with Crippen LogP contribution in [0.1, 0.15) is 26.3 Å². The van der Waals surface area contributed by atoms with Crippen LogP contribution < -0.4 is 10.1 Å². The third-order valence-corrected chi connectivity index (χ3v) is 5.26. The summed E-state index contributed by atoms with van der Waals surface area (Å²) in [7, 11) is 0. The van der Waals surface area contributed by atoms with Crippen molar-refractivity contribution in [2.75, 3.05) is 18.9 Å². The topological polar surface area (TPSA) is 64.1 Å². The molecule has 6 heteroatoms. The summed E-state index contributed by atoms with van der Waals surface area (Å²) in [5.41, 5.74) is 2.27. The zero-order valence-corrected chi connectivity index (χ0v) is 17.3. The van der Waals surface area contributed by atoms with Crippen molar-refractivity contribution in [2.45, 2.75) is 31.2 Å². The standard InChI is InChI=1S/C22H25N3O2S/c1-22(2,3)16-8-10-17(11-9-16)27-13-12-23-20(26)14-28-21-18-6-4-5-7-19(18)24-15-25-21/h4-11,15H,12-14H2,1-3H3,(H,23,26). The van der Waals surface area contributed by atoms with Crippen molar-refractivity contribution < 1.29 is 9.53 Å². The molecule has 0 saturated carbocycles. The van der Waals surface area contributed by atoms with Crippen LogP contribution in [-0.4, -0.2) is 34.8 Å². The number of benzene rings is 2. The third-order valence-electron chi connectivity index (χ3n) is 4.26. The molecule has 0 saturated heterocycles. The van der Waals surface area contributed by atoms with E-state index in [4.69, 9.17) is 4.74 Å². The van der Waals surface area contributed by atoms with Crippen molar-refractivity contribution in [3.8, 4) is 5.75 Å². The number of nitrogens with zero attached hydrogens (tertiary/aromatic N) is 2. The molecule has 0 spiro atoms. The van der Waals surface area contributed by atoms with E-state index in [0.29, 0.717) is 18.9 Å². The summed E-state index contributed by atoms with van der Waals surface area (Å²) in [6.07, 6.45) is 1.53. The largest absolute Gasteiger partial charge is 0.492 e. The number of ether oxygens (including phenoxy) is 1. The van der Waals surface area contributed by atoms with Gasteiger partial charge in [0.25, 0.3) is 0 Å². The van der Waals surface area contributed by atoms with Gasteiger partial charge in [-0.3, -0.25) is 4.79 Å². The summed E-state index contributed by atoms with van der Waals surface area (Å²) in [5, 5.41) is 4.66. The normalized spacial score (nSPS) is 11.4. The molecule has 0 aliphatic rings. The highest BCUT2D eigenvalue weighted by molar-refractivity contribution is 8.00. The number of fused-ring (bicyclic) bond motifs is 1. The fraction of sp³-hybridized carbons (Fsp3) is 0.318. The molecule has 0 bridgehead atoms. The van der Waals surface area contributed by atoms with Gasteiger partial charge in [0, 0.05) is 5.39 Å². The molecule has 1 N–H and O–H groups in total. The number of amides is 1. The van der Waals surface area contributed by atoms with E-state index >= 15 is 0 Å². The van der Waals surface area contributed by atoms with Crippen molar-refractivity contribution in [3.05, 3.63) is 60.4 Å². The zero-order chi connectivity index (χ0) is 20.0. The zero-order valence-electron chi connectivity index (χ0n) is 16.4. The summed E-state index contributed by atoms with van der Waals surface area (Å²) in [5.74, 6) is 1.07. The summed E-state index contributed by atoms with van der Waals surface area (Å²) < 4.78 is 5.70. The summed E-state index contributed by atoms with van der Waals surface area (Å²) in [6.45, 7) is 7.44. The molecule has 0 fully saturated rings. The molecule has 3 aromatic rings. The second kappa shape index (κ2) is 9.06. The van der Waals surface area contributed by atoms with Gasteiger partial charge in [-0.1, -0.05) is 62.9 Å². The quantitative estimate of drug-likeness (QED) is 0.369. The van der Waals surface area contributed by atoms with Crippen molar-refractivity contribution in [2.24, 2.45) is 0 Å². The highest BCUT2D eigenvalue weighted by Gasteiger charge is 2.13. The number of carbonyl (C=O) groups excluding carboxylic acids is 1. The second-order valence-electron chi connectivity index (χ2n) is 7.46. The van der Waals surface area contributed by atoms with E-state index in [1.54, 1.807) is 0 Å². The van der Waals surface area contributed by atoms with Gasteiger partial charge >= 0.3 is 0 Å². The van der Waals surface area contributed by atoms with Crippen molar-refractivity contribution in [1.29, 1.82) is 0 Å². The molecule has 0 atom stereocenters. The predicted molar refractivity (Wildman–Crippen MR) is 114 cm³/mol. The van der Waals surface area contributed by atoms with Gasteiger partial charge in [-0.2, -0.15) is 0 Å². The fourth-order valence-electron chi connectivity index (χ4n) is 2.69. The first-order valence-corrected chi connectivity index (χ1v) is 10.2. The number of hydrogen-bond donors (Lipinski definition) is 1.